The summed E-state index contributed by atoms with van der Waals surface area (Å²) in [5.74, 6) is 1.56. The molecule has 0 bridgehead atoms. The maximum absolute atomic E-state index is 12.5. The van der Waals surface area contributed by atoms with Crippen molar-refractivity contribution in [2.75, 3.05) is 20.1 Å². The number of carbonyl (C=O) groups excluding carboxylic acids is 2. The van der Waals surface area contributed by atoms with Gasteiger partial charge in [-0.25, -0.2) is 0 Å². The average molecular weight is 357 g/mol. The Bertz CT molecular complexity index is 595. The van der Waals surface area contributed by atoms with Gasteiger partial charge in [-0.15, -0.1) is 0 Å². The summed E-state index contributed by atoms with van der Waals surface area (Å²) in [7, 11) is 1.87. The molecule has 1 heterocycles. The van der Waals surface area contributed by atoms with Gasteiger partial charge in [-0.3, -0.25) is 9.59 Å². The van der Waals surface area contributed by atoms with E-state index in [9.17, 15) is 9.59 Å². The second kappa shape index (κ2) is 9.20. The molecule has 1 saturated carbocycles. The molecule has 142 valence electrons. The minimum absolute atomic E-state index is 0.180. The highest BCUT2D eigenvalue weighted by atomic mass is 16.2. The number of nitrogens with zero attached hydrogens (tertiary/aromatic N) is 2. The quantitative estimate of drug-likeness (QED) is 0.744. The van der Waals surface area contributed by atoms with Crippen LogP contribution in [0.15, 0.2) is 30.3 Å². The van der Waals surface area contributed by atoms with E-state index in [4.69, 9.17) is 0 Å². The molecule has 3 rings (SSSR count). The van der Waals surface area contributed by atoms with Gasteiger partial charge in [0.25, 0.3) is 0 Å². The fourth-order valence-corrected chi connectivity index (χ4v) is 4.36. The number of hydrogen-bond acceptors (Lipinski definition) is 2. The highest BCUT2D eigenvalue weighted by Gasteiger charge is 2.29. The van der Waals surface area contributed by atoms with Crippen LogP contribution in [-0.4, -0.2) is 41.8 Å². The van der Waals surface area contributed by atoms with Crippen LogP contribution in [0.2, 0.25) is 0 Å². The number of likely N-dealkylation sites (tertiary alicyclic amines) is 1. The maximum atomic E-state index is 12.5. The molecule has 2 aliphatic rings. The Hall–Kier alpha value is -1.84. The lowest BCUT2D eigenvalue weighted by Gasteiger charge is -2.20. The Labute approximate surface area is 157 Å². The predicted molar refractivity (Wildman–Crippen MR) is 103 cm³/mol. The van der Waals surface area contributed by atoms with E-state index in [1.54, 1.807) is 4.90 Å². The van der Waals surface area contributed by atoms with Crippen molar-refractivity contribution in [3.05, 3.63) is 35.9 Å². The fraction of sp³-hybridized carbons (Fsp3) is 0.636. The van der Waals surface area contributed by atoms with E-state index in [1.165, 1.54) is 25.7 Å². The molecule has 26 heavy (non-hydrogen) atoms. The first-order chi connectivity index (χ1) is 12.6. The van der Waals surface area contributed by atoms with Gasteiger partial charge in [0, 0.05) is 39.5 Å². The Morgan fingerprint density at radius 3 is 2.54 bits per heavy atom. The lowest BCUT2D eigenvalue weighted by Crippen LogP contribution is -2.31. The van der Waals surface area contributed by atoms with Crippen LogP contribution in [0.5, 0.6) is 0 Å². The molecular weight excluding hydrogens is 324 g/mol. The molecule has 0 N–H and O–H groups in total. The van der Waals surface area contributed by atoms with E-state index < -0.39 is 0 Å². The van der Waals surface area contributed by atoms with Gasteiger partial charge < -0.3 is 9.80 Å². The number of carbonyl (C=O) groups is 2. The fourth-order valence-electron chi connectivity index (χ4n) is 4.36. The van der Waals surface area contributed by atoms with Gasteiger partial charge in [0.2, 0.25) is 11.8 Å². The molecule has 1 aliphatic heterocycles. The van der Waals surface area contributed by atoms with Crippen molar-refractivity contribution in [2.24, 2.45) is 11.8 Å². The first-order valence-electron chi connectivity index (χ1n) is 10.2. The number of benzene rings is 1. The SMILES string of the molecule is CN(Cc1ccccc1)C(=O)CC1CCN(C(=O)CCC2CCCC2)C1. The minimum Gasteiger partial charge on any atom is -0.342 e. The summed E-state index contributed by atoms with van der Waals surface area (Å²) in [6.07, 6.45) is 8.54. The molecule has 1 aliphatic carbocycles. The largest absolute Gasteiger partial charge is 0.342 e. The van der Waals surface area contributed by atoms with Crippen LogP contribution in [0.4, 0.5) is 0 Å². The van der Waals surface area contributed by atoms with Crippen molar-refractivity contribution in [3.8, 4) is 0 Å². The minimum atomic E-state index is 0.180. The van der Waals surface area contributed by atoms with Crippen LogP contribution < -0.4 is 0 Å². The third-order valence-corrected chi connectivity index (χ3v) is 6.03. The summed E-state index contributed by atoms with van der Waals surface area (Å²) in [5.41, 5.74) is 1.15. The molecule has 1 saturated heterocycles. The lowest BCUT2D eigenvalue weighted by molar-refractivity contribution is -0.133. The van der Waals surface area contributed by atoms with E-state index in [0.29, 0.717) is 31.2 Å². The summed E-state index contributed by atoms with van der Waals surface area (Å²) in [5, 5.41) is 0. The van der Waals surface area contributed by atoms with E-state index in [0.717, 1.165) is 37.4 Å². The van der Waals surface area contributed by atoms with Gasteiger partial charge in [0.1, 0.15) is 0 Å². The van der Waals surface area contributed by atoms with Crippen LogP contribution >= 0.6 is 0 Å². The Balaban J connectivity index is 1.39. The number of hydrogen-bond donors (Lipinski definition) is 0. The molecule has 2 amide bonds. The Morgan fingerprint density at radius 1 is 1.08 bits per heavy atom. The molecule has 0 radical (unpaired) electrons. The second-order valence-corrected chi connectivity index (χ2v) is 8.12. The molecule has 1 aromatic rings. The van der Waals surface area contributed by atoms with Crippen molar-refractivity contribution in [1.29, 1.82) is 0 Å². The normalized spacial score (nSPS) is 20.5. The van der Waals surface area contributed by atoms with Crippen LogP contribution in [0, 0.1) is 11.8 Å². The smallest absolute Gasteiger partial charge is 0.222 e. The molecule has 1 aromatic carbocycles. The van der Waals surface area contributed by atoms with Gasteiger partial charge >= 0.3 is 0 Å². The van der Waals surface area contributed by atoms with Gasteiger partial charge in [-0.2, -0.15) is 0 Å². The van der Waals surface area contributed by atoms with Crippen molar-refractivity contribution < 1.29 is 9.59 Å². The van der Waals surface area contributed by atoms with E-state index >= 15 is 0 Å². The van der Waals surface area contributed by atoms with E-state index in [1.807, 2.05) is 42.3 Å². The summed E-state index contributed by atoms with van der Waals surface area (Å²) in [4.78, 5) is 28.7. The van der Waals surface area contributed by atoms with Gasteiger partial charge in [-0.05, 0) is 30.2 Å². The van der Waals surface area contributed by atoms with Crippen LogP contribution in [-0.2, 0) is 16.1 Å². The van der Waals surface area contributed by atoms with Crippen LogP contribution in [0.25, 0.3) is 0 Å². The van der Waals surface area contributed by atoms with Crippen LogP contribution in [0.1, 0.15) is 56.9 Å². The molecule has 4 heteroatoms. The average Bonchev–Trinajstić information content (AvgIpc) is 3.32. The van der Waals surface area contributed by atoms with Crippen LogP contribution in [0.3, 0.4) is 0 Å². The zero-order valence-corrected chi connectivity index (χ0v) is 16.0. The zero-order valence-electron chi connectivity index (χ0n) is 16.0. The van der Waals surface area contributed by atoms with Crippen molar-refractivity contribution in [1.82, 2.24) is 9.80 Å². The van der Waals surface area contributed by atoms with Gasteiger partial charge in [-0.1, -0.05) is 56.0 Å². The Morgan fingerprint density at radius 2 is 1.81 bits per heavy atom. The zero-order chi connectivity index (χ0) is 18.4. The molecule has 2 fully saturated rings. The monoisotopic (exact) mass is 356 g/mol. The second-order valence-electron chi connectivity index (χ2n) is 8.12. The standard InChI is InChI=1S/C22H32N2O2/c1-23(16-19-9-3-2-4-10-19)22(26)15-20-13-14-24(17-20)21(25)12-11-18-7-5-6-8-18/h2-4,9-10,18,20H,5-8,11-17H2,1H3. The molecule has 0 spiro atoms. The Kier molecular flexibility index (Phi) is 6.70. The van der Waals surface area contributed by atoms with Gasteiger partial charge in [0.05, 0.1) is 0 Å². The summed E-state index contributed by atoms with van der Waals surface area (Å²) >= 11 is 0. The maximum Gasteiger partial charge on any atom is 0.222 e. The first kappa shape index (κ1) is 18.9. The summed E-state index contributed by atoms with van der Waals surface area (Å²) in [6, 6.07) is 10.1. The molecule has 1 atom stereocenters. The third kappa shape index (κ3) is 5.33. The predicted octanol–water partition coefficient (Wildman–Crippen LogP) is 3.85. The van der Waals surface area contributed by atoms with Crippen molar-refractivity contribution in [2.45, 2.75) is 57.9 Å². The molecule has 0 aromatic heterocycles. The molecule has 4 nitrogen and oxygen atoms in total. The highest BCUT2D eigenvalue weighted by Crippen LogP contribution is 2.29. The topological polar surface area (TPSA) is 40.6 Å². The van der Waals surface area contributed by atoms with Crippen molar-refractivity contribution >= 4 is 11.8 Å². The number of rotatable bonds is 7. The lowest BCUT2D eigenvalue weighted by atomic mass is 10.0. The van der Waals surface area contributed by atoms with E-state index in [2.05, 4.69) is 0 Å². The molecule has 1 unspecified atom stereocenters. The number of amides is 2. The van der Waals surface area contributed by atoms with Gasteiger partial charge in [0.15, 0.2) is 0 Å². The first-order valence-corrected chi connectivity index (χ1v) is 10.2. The highest BCUT2D eigenvalue weighted by molar-refractivity contribution is 5.78. The third-order valence-electron chi connectivity index (χ3n) is 6.03. The van der Waals surface area contributed by atoms with E-state index in [-0.39, 0.29) is 5.91 Å². The molecular formula is C22H32N2O2. The summed E-state index contributed by atoms with van der Waals surface area (Å²) < 4.78 is 0. The van der Waals surface area contributed by atoms with Crippen molar-refractivity contribution in [3.63, 3.8) is 0 Å². The summed E-state index contributed by atoms with van der Waals surface area (Å²) in [6.45, 7) is 2.23.